The summed E-state index contributed by atoms with van der Waals surface area (Å²) in [4.78, 5) is -0.0324. The van der Waals surface area contributed by atoms with Crippen LogP contribution in [0.4, 0.5) is 10.1 Å². The monoisotopic (exact) mass is 425 g/mol. The molecule has 0 aliphatic rings. The van der Waals surface area contributed by atoms with Crippen LogP contribution < -0.4 is 4.72 Å². The molecule has 0 amide bonds. The molecule has 3 rings (SSSR count). The summed E-state index contributed by atoms with van der Waals surface area (Å²) in [7, 11) is -3.85. The molecule has 2 N–H and O–H groups in total. The van der Waals surface area contributed by atoms with E-state index in [1.165, 1.54) is 41.3 Å². The Morgan fingerprint density at radius 3 is 2.56 bits per heavy atom. The van der Waals surface area contributed by atoms with Gasteiger partial charge in [0, 0.05) is 4.47 Å². The molecule has 1 aromatic heterocycles. The van der Waals surface area contributed by atoms with Crippen molar-refractivity contribution in [1.29, 1.82) is 0 Å². The van der Waals surface area contributed by atoms with Gasteiger partial charge in [0.25, 0.3) is 10.0 Å². The molecule has 9 heteroatoms. The predicted molar refractivity (Wildman–Crippen MR) is 94.4 cm³/mol. The number of hydrogen-bond donors (Lipinski definition) is 2. The molecule has 0 atom stereocenters. The third kappa shape index (κ3) is 3.89. The number of hydrogen-bond acceptors (Lipinski definition) is 4. The fourth-order valence-corrected chi connectivity index (χ4v) is 3.79. The van der Waals surface area contributed by atoms with Gasteiger partial charge >= 0.3 is 0 Å². The highest BCUT2D eigenvalue weighted by Gasteiger charge is 2.18. The van der Waals surface area contributed by atoms with Gasteiger partial charge in [0.15, 0.2) is 0 Å². The van der Waals surface area contributed by atoms with E-state index in [9.17, 15) is 12.8 Å². The zero-order valence-electron chi connectivity index (χ0n) is 12.7. The minimum atomic E-state index is -3.85. The summed E-state index contributed by atoms with van der Waals surface area (Å²) in [5.41, 5.74) is 1.53. The first kappa shape index (κ1) is 17.6. The second-order valence-electron chi connectivity index (χ2n) is 5.17. The van der Waals surface area contributed by atoms with Crippen LogP contribution in [0.25, 0.3) is 5.69 Å². The van der Waals surface area contributed by atoms with E-state index in [1.807, 2.05) is 0 Å². The summed E-state index contributed by atoms with van der Waals surface area (Å²) in [5, 5.41) is 13.1. The van der Waals surface area contributed by atoms with E-state index in [-0.39, 0.29) is 17.3 Å². The Labute approximate surface area is 152 Å². The van der Waals surface area contributed by atoms with Crippen LogP contribution in [-0.4, -0.2) is 23.3 Å². The third-order valence-corrected chi connectivity index (χ3v) is 5.40. The van der Waals surface area contributed by atoms with Gasteiger partial charge in [-0.2, -0.15) is 5.10 Å². The highest BCUT2D eigenvalue weighted by molar-refractivity contribution is 9.10. The van der Waals surface area contributed by atoms with Gasteiger partial charge in [0.1, 0.15) is 10.7 Å². The van der Waals surface area contributed by atoms with Gasteiger partial charge in [0.2, 0.25) is 0 Å². The molecule has 130 valence electrons. The molecule has 0 aliphatic carbocycles. The Bertz CT molecular complexity index is 1000. The lowest BCUT2D eigenvalue weighted by atomic mass is 10.2. The van der Waals surface area contributed by atoms with Crippen LogP contribution in [0.1, 0.15) is 5.56 Å². The van der Waals surface area contributed by atoms with Crippen LogP contribution in [0.5, 0.6) is 0 Å². The number of halogens is 2. The second kappa shape index (κ2) is 6.95. The van der Waals surface area contributed by atoms with E-state index in [2.05, 4.69) is 25.8 Å². The lowest BCUT2D eigenvalue weighted by Gasteiger charge is -2.09. The molecule has 2 aromatic carbocycles. The van der Waals surface area contributed by atoms with Crippen molar-refractivity contribution in [3.63, 3.8) is 0 Å². The topological polar surface area (TPSA) is 84.2 Å². The molecule has 1 heterocycles. The first-order valence-electron chi connectivity index (χ1n) is 7.12. The molecule has 0 spiro atoms. The number of nitrogens with one attached hydrogen (secondary N) is 1. The maximum Gasteiger partial charge on any atom is 0.265 e. The quantitative estimate of drug-likeness (QED) is 0.657. The highest BCUT2D eigenvalue weighted by Crippen LogP contribution is 2.26. The molecule has 0 saturated heterocycles. The predicted octanol–water partition coefficient (Wildman–Crippen LogP) is 3.07. The first-order valence-corrected chi connectivity index (χ1v) is 9.39. The van der Waals surface area contributed by atoms with E-state index in [0.29, 0.717) is 21.4 Å². The Kier molecular flexibility index (Phi) is 4.89. The van der Waals surface area contributed by atoms with Crippen molar-refractivity contribution in [3.05, 3.63) is 70.7 Å². The number of nitrogens with zero attached hydrogens (tertiary/aromatic N) is 2. The zero-order valence-corrected chi connectivity index (χ0v) is 15.1. The second-order valence-corrected chi connectivity index (χ2v) is 7.71. The minimum absolute atomic E-state index is 0.0324. The van der Waals surface area contributed by atoms with E-state index in [4.69, 9.17) is 5.11 Å². The molecular formula is C16H13BrFN3O3S. The summed E-state index contributed by atoms with van der Waals surface area (Å²) in [6.45, 7) is -0.143. The Hall–Kier alpha value is -2.23. The number of benzene rings is 2. The van der Waals surface area contributed by atoms with Crippen LogP contribution >= 0.6 is 15.9 Å². The lowest BCUT2D eigenvalue weighted by molar-refractivity contribution is 0.282. The smallest absolute Gasteiger partial charge is 0.265 e. The van der Waals surface area contributed by atoms with Gasteiger partial charge < -0.3 is 5.11 Å². The number of sulfonamides is 1. The molecule has 0 fully saturated rings. The summed E-state index contributed by atoms with van der Waals surface area (Å²) >= 11 is 3.27. The van der Waals surface area contributed by atoms with E-state index < -0.39 is 10.0 Å². The van der Waals surface area contributed by atoms with Gasteiger partial charge in [-0.05, 0) is 57.9 Å². The molecule has 0 unspecified atom stereocenters. The number of aromatic nitrogens is 2. The Morgan fingerprint density at radius 2 is 1.92 bits per heavy atom. The fourth-order valence-electron chi connectivity index (χ4n) is 2.12. The summed E-state index contributed by atoms with van der Waals surface area (Å²) in [6, 6.07) is 10.3. The highest BCUT2D eigenvalue weighted by atomic mass is 79.9. The number of anilines is 1. The SMILES string of the molecule is O=S(=O)(Nc1ccc(CO)cc1Br)c1cnn(-c2ccc(F)cc2)c1. The molecule has 0 bridgehead atoms. The summed E-state index contributed by atoms with van der Waals surface area (Å²) in [6.07, 6.45) is 2.55. The summed E-state index contributed by atoms with van der Waals surface area (Å²) < 4.78 is 42.3. The Morgan fingerprint density at radius 1 is 1.20 bits per heavy atom. The normalized spacial score (nSPS) is 11.5. The van der Waals surface area contributed by atoms with Crippen LogP contribution in [0.2, 0.25) is 0 Å². The van der Waals surface area contributed by atoms with Gasteiger partial charge in [-0.3, -0.25) is 4.72 Å². The van der Waals surface area contributed by atoms with Gasteiger partial charge in [0.05, 0.1) is 30.4 Å². The van der Waals surface area contributed by atoms with Crippen molar-refractivity contribution in [1.82, 2.24) is 9.78 Å². The molecule has 3 aromatic rings. The van der Waals surface area contributed by atoms with Crippen molar-refractivity contribution in [2.75, 3.05) is 4.72 Å². The zero-order chi connectivity index (χ0) is 18.0. The largest absolute Gasteiger partial charge is 0.392 e. The van der Waals surface area contributed by atoms with Crippen molar-refractivity contribution in [2.45, 2.75) is 11.5 Å². The summed E-state index contributed by atoms with van der Waals surface area (Å²) in [5.74, 6) is -0.387. The fraction of sp³-hybridized carbons (Fsp3) is 0.0625. The maximum atomic E-state index is 13.0. The third-order valence-electron chi connectivity index (χ3n) is 3.42. The lowest BCUT2D eigenvalue weighted by Crippen LogP contribution is -2.12. The van der Waals surface area contributed by atoms with Gasteiger partial charge in [-0.25, -0.2) is 17.5 Å². The average Bonchev–Trinajstić information content (AvgIpc) is 3.08. The minimum Gasteiger partial charge on any atom is -0.392 e. The average molecular weight is 426 g/mol. The van der Waals surface area contributed by atoms with Crippen LogP contribution in [0, 0.1) is 5.82 Å². The van der Waals surface area contributed by atoms with Crippen LogP contribution in [-0.2, 0) is 16.6 Å². The van der Waals surface area contributed by atoms with Crippen molar-refractivity contribution >= 4 is 31.6 Å². The van der Waals surface area contributed by atoms with Crippen LogP contribution in [0.3, 0.4) is 0 Å². The van der Waals surface area contributed by atoms with E-state index in [0.717, 1.165) is 0 Å². The Balaban J connectivity index is 1.87. The number of rotatable bonds is 5. The molecule has 25 heavy (non-hydrogen) atoms. The van der Waals surface area contributed by atoms with Crippen LogP contribution in [0.15, 0.2) is 64.2 Å². The van der Waals surface area contributed by atoms with Crippen molar-refractivity contribution in [3.8, 4) is 5.69 Å². The standard InChI is InChI=1S/C16H13BrFN3O3S/c17-15-7-11(10-22)1-6-16(15)20-25(23,24)14-8-19-21(9-14)13-4-2-12(18)3-5-13/h1-9,20,22H,10H2. The molecule has 0 aliphatic heterocycles. The van der Waals surface area contributed by atoms with E-state index >= 15 is 0 Å². The maximum absolute atomic E-state index is 13.0. The number of aliphatic hydroxyl groups excluding tert-OH is 1. The molecular weight excluding hydrogens is 413 g/mol. The first-order chi connectivity index (χ1) is 11.9. The van der Waals surface area contributed by atoms with Gasteiger partial charge in [-0.1, -0.05) is 6.07 Å². The van der Waals surface area contributed by atoms with Crippen molar-refractivity contribution < 1.29 is 17.9 Å². The molecule has 6 nitrogen and oxygen atoms in total. The van der Waals surface area contributed by atoms with E-state index in [1.54, 1.807) is 18.2 Å². The molecule has 0 radical (unpaired) electrons. The van der Waals surface area contributed by atoms with Gasteiger partial charge in [-0.15, -0.1) is 0 Å². The number of aliphatic hydroxyl groups is 1. The van der Waals surface area contributed by atoms with Crippen molar-refractivity contribution in [2.24, 2.45) is 0 Å². The molecule has 0 saturated carbocycles.